The average molecular weight is 235 g/mol. The summed E-state index contributed by atoms with van der Waals surface area (Å²) in [7, 11) is 0. The molecule has 92 valence electrons. The van der Waals surface area contributed by atoms with E-state index in [0.717, 1.165) is 18.4 Å². The highest BCUT2D eigenvalue weighted by Gasteiger charge is 2.34. The lowest BCUT2D eigenvalue weighted by atomic mass is 9.94. The Labute approximate surface area is 101 Å². The third-order valence-corrected chi connectivity index (χ3v) is 3.05. The predicted octanol–water partition coefficient (Wildman–Crippen LogP) is 1.50. The molecular weight excluding hydrogens is 218 g/mol. The topological polar surface area (TPSA) is 62.1 Å². The van der Waals surface area contributed by atoms with E-state index in [0.29, 0.717) is 12.5 Å². The van der Waals surface area contributed by atoms with Crippen molar-refractivity contribution in [2.75, 3.05) is 13.2 Å². The Morgan fingerprint density at radius 2 is 2.06 bits per heavy atom. The summed E-state index contributed by atoms with van der Waals surface area (Å²) in [6, 6.07) is 7.10. The van der Waals surface area contributed by atoms with Gasteiger partial charge in [-0.15, -0.1) is 0 Å². The molecule has 1 aliphatic rings. The summed E-state index contributed by atoms with van der Waals surface area (Å²) in [5.74, 6) is 0.911. The van der Waals surface area contributed by atoms with Crippen molar-refractivity contribution in [3.63, 3.8) is 0 Å². The monoisotopic (exact) mass is 235 g/mol. The van der Waals surface area contributed by atoms with Gasteiger partial charge in [0.1, 0.15) is 17.9 Å². The van der Waals surface area contributed by atoms with Gasteiger partial charge in [-0.25, -0.2) is 4.99 Å². The summed E-state index contributed by atoms with van der Waals surface area (Å²) in [5, 5.41) is 18.6. The number of phenolic OH excluding ortho intramolecular Hbond substituents is 1. The van der Waals surface area contributed by atoms with Crippen molar-refractivity contribution in [2.45, 2.75) is 25.3 Å². The van der Waals surface area contributed by atoms with Crippen LogP contribution in [0.3, 0.4) is 0 Å². The van der Waals surface area contributed by atoms with Gasteiger partial charge in [0, 0.05) is 6.92 Å². The molecule has 4 nitrogen and oxygen atoms in total. The highest BCUT2D eigenvalue weighted by Crippen LogP contribution is 2.25. The molecule has 1 aromatic carbocycles. The number of phenols is 1. The molecular formula is C13H17NO3. The molecule has 17 heavy (non-hydrogen) atoms. The molecule has 0 saturated heterocycles. The molecule has 0 radical (unpaired) electrons. The van der Waals surface area contributed by atoms with Gasteiger partial charge in [0.05, 0.1) is 6.61 Å². The van der Waals surface area contributed by atoms with E-state index in [-0.39, 0.29) is 12.4 Å². The van der Waals surface area contributed by atoms with E-state index in [4.69, 9.17) is 4.74 Å². The number of nitrogens with zero attached hydrogens (tertiary/aromatic N) is 1. The van der Waals surface area contributed by atoms with Crippen LogP contribution < -0.4 is 0 Å². The molecule has 2 N–H and O–H groups in total. The zero-order valence-electron chi connectivity index (χ0n) is 9.89. The van der Waals surface area contributed by atoms with Crippen molar-refractivity contribution in [3.8, 4) is 5.75 Å². The van der Waals surface area contributed by atoms with Crippen LogP contribution in [0.5, 0.6) is 5.75 Å². The van der Waals surface area contributed by atoms with Crippen LogP contribution in [0.2, 0.25) is 0 Å². The Hall–Kier alpha value is -1.55. The first-order valence-electron chi connectivity index (χ1n) is 5.72. The summed E-state index contributed by atoms with van der Waals surface area (Å²) < 4.78 is 5.32. The molecule has 0 saturated carbocycles. The maximum absolute atomic E-state index is 9.43. The van der Waals surface area contributed by atoms with E-state index >= 15 is 0 Å². The number of benzene rings is 1. The number of aliphatic hydroxyl groups excluding tert-OH is 1. The number of hydrogen-bond donors (Lipinski definition) is 2. The standard InChI is InChI=1S/C13H17NO3/c1-10-14-13(8-15,9-17-10)7-6-11-2-4-12(16)5-3-11/h2-5,15-16H,6-9H2,1H3/t13-/m0/s1. The van der Waals surface area contributed by atoms with Crippen molar-refractivity contribution in [1.82, 2.24) is 0 Å². The van der Waals surface area contributed by atoms with Gasteiger partial charge >= 0.3 is 0 Å². The fraction of sp³-hybridized carbons (Fsp3) is 0.462. The average Bonchev–Trinajstić information content (AvgIpc) is 2.71. The maximum atomic E-state index is 9.43. The van der Waals surface area contributed by atoms with Gasteiger partial charge in [-0.1, -0.05) is 12.1 Å². The molecule has 2 rings (SSSR count). The summed E-state index contributed by atoms with van der Waals surface area (Å²) in [5.41, 5.74) is 0.637. The minimum Gasteiger partial charge on any atom is -0.508 e. The van der Waals surface area contributed by atoms with Crippen LogP contribution >= 0.6 is 0 Å². The van der Waals surface area contributed by atoms with Gasteiger partial charge in [0.15, 0.2) is 5.90 Å². The Balaban J connectivity index is 1.99. The second-order valence-corrected chi connectivity index (χ2v) is 4.47. The van der Waals surface area contributed by atoms with E-state index in [2.05, 4.69) is 4.99 Å². The lowest BCUT2D eigenvalue weighted by molar-refractivity contribution is 0.150. The Morgan fingerprint density at radius 3 is 2.59 bits per heavy atom. The van der Waals surface area contributed by atoms with Crippen molar-refractivity contribution >= 4 is 5.90 Å². The lowest BCUT2D eigenvalue weighted by Gasteiger charge is -2.21. The zero-order chi connectivity index (χ0) is 12.3. The maximum Gasteiger partial charge on any atom is 0.180 e. The van der Waals surface area contributed by atoms with Crippen molar-refractivity contribution in [3.05, 3.63) is 29.8 Å². The van der Waals surface area contributed by atoms with E-state index in [9.17, 15) is 10.2 Å². The molecule has 0 bridgehead atoms. The molecule has 1 atom stereocenters. The van der Waals surface area contributed by atoms with E-state index in [1.165, 1.54) is 0 Å². The van der Waals surface area contributed by atoms with Crippen LogP contribution in [-0.2, 0) is 11.2 Å². The first-order valence-corrected chi connectivity index (χ1v) is 5.72. The van der Waals surface area contributed by atoms with Crippen molar-refractivity contribution < 1.29 is 14.9 Å². The fourth-order valence-corrected chi connectivity index (χ4v) is 1.97. The largest absolute Gasteiger partial charge is 0.508 e. The number of aromatic hydroxyl groups is 1. The summed E-state index contributed by atoms with van der Waals surface area (Å²) in [4.78, 5) is 4.37. The molecule has 1 heterocycles. The lowest BCUT2D eigenvalue weighted by Crippen LogP contribution is -2.33. The van der Waals surface area contributed by atoms with Gasteiger partial charge in [-0.3, -0.25) is 0 Å². The summed E-state index contributed by atoms with van der Waals surface area (Å²) >= 11 is 0. The molecule has 1 aromatic rings. The van der Waals surface area contributed by atoms with Crippen LogP contribution in [0.25, 0.3) is 0 Å². The minimum atomic E-state index is -0.484. The van der Waals surface area contributed by atoms with Gasteiger partial charge < -0.3 is 14.9 Å². The number of hydrogen-bond acceptors (Lipinski definition) is 4. The van der Waals surface area contributed by atoms with Crippen LogP contribution in [0.15, 0.2) is 29.3 Å². The Bertz CT molecular complexity index is 413. The fourth-order valence-electron chi connectivity index (χ4n) is 1.97. The number of ether oxygens (including phenoxy) is 1. The minimum absolute atomic E-state index is 0.00240. The number of aryl methyl sites for hydroxylation is 1. The quantitative estimate of drug-likeness (QED) is 0.831. The third-order valence-electron chi connectivity index (χ3n) is 3.05. The van der Waals surface area contributed by atoms with Crippen LogP contribution in [-0.4, -0.2) is 34.9 Å². The third kappa shape index (κ3) is 2.77. The molecule has 1 aliphatic heterocycles. The zero-order valence-corrected chi connectivity index (χ0v) is 9.89. The molecule has 0 spiro atoms. The van der Waals surface area contributed by atoms with Gasteiger partial charge in [0.25, 0.3) is 0 Å². The van der Waals surface area contributed by atoms with Crippen molar-refractivity contribution in [1.29, 1.82) is 0 Å². The predicted molar refractivity (Wildman–Crippen MR) is 65.3 cm³/mol. The normalized spacial score (nSPS) is 23.3. The molecule has 0 unspecified atom stereocenters. The number of rotatable bonds is 4. The van der Waals surface area contributed by atoms with Crippen LogP contribution in [0.4, 0.5) is 0 Å². The molecule has 0 aromatic heterocycles. The van der Waals surface area contributed by atoms with Gasteiger partial charge in [-0.05, 0) is 30.5 Å². The SMILES string of the molecule is CC1=N[C@](CO)(CCc2ccc(O)cc2)CO1. The van der Waals surface area contributed by atoms with E-state index in [1.807, 2.05) is 12.1 Å². The van der Waals surface area contributed by atoms with E-state index < -0.39 is 5.54 Å². The highest BCUT2D eigenvalue weighted by molar-refractivity contribution is 5.75. The Morgan fingerprint density at radius 1 is 1.35 bits per heavy atom. The van der Waals surface area contributed by atoms with Gasteiger partial charge in [0.2, 0.25) is 0 Å². The van der Waals surface area contributed by atoms with Gasteiger partial charge in [-0.2, -0.15) is 0 Å². The first-order chi connectivity index (χ1) is 8.13. The smallest absolute Gasteiger partial charge is 0.180 e. The number of aliphatic imine (C=N–C) groups is 1. The molecule has 0 fully saturated rings. The molecule has 0 aliphatic carbocycles. The van der Waals surface area contributed by atoms with E-state index in [1.54, 1.807) is 19.1 Å². The summed E-state index contributed by atoms with van der Waals surface area (Å²) in [6.07, 6.45) is 1.55. The highest BCUT2D eigenvalue weighted by atomic mass is 16.5. The van der Waals surface area contributed by atoms with Crippen LogP contribution in [0.1, 0.15) is 18.9 Å². The molecule has 0 amide bonds. The second-order valence-electron chi connectivity index (χ2n) is 4.47. The Kier molecular flexibility index (Phi) is 3.33. The second kappa shape index (κ2) is 4.75. The summed E-state index contributed by atoms with van der Waals surface area (Å²) in [6.45, 7) is 2.26. The van der Waals surface area contributed by atoms with Crippen molar-refractivity contribution in [2.24, 2.45) is 4.99 Å². The number of aliphatic hydroxyl groups is 1. The molecule has 4 heteroatoms. The first kappa shape index (κ1) is 11.9. The van der Waals surface area contributed by atoms with Crippen LogP contribution in [0, 0.1) is 0 Å².